The normalized spacial score (nSPS) is 15.2. The molecule has 0 saturated carbocycles. The molecule has 1 aliphatic heterocycles. The summed E-state index contributed by atoms with van der Waals surface area (Å²) in [6.07, 6.45) is 0.403. The number of benzene rings is 2. The summed E-state index contributed by atoms with van der Waals surface area (Å²) in [6, 6.07) is 16.8. The summed E-state index contributed by atoms with van der Waals surface area (Å²) in [6.45, 7) is 2.35. The van der Waals surface area contributed by atoms with Crippen LogP contribution in [0.1, 0.15) is 25.3 Å². The SMILES string of the molecule is CCCN(CC(=O)Nc1ccccc1OC)C(=O)C1CC(c2ccccc2)=NO1. The zero-order valence-corrected chi connectivity index (χ0v) is 16.6. The topological polar surface area (TPSA) is 80.2 Å². The van der Waals surface area contributed by atoms with Crippen LogP contribution in [0.4, 0.5) is 5.69 Å². The molecule has 7 heteroatoms. The van der Waals surface area contributed by atoms with Gasteiger partial charge in [-0.1, -0.05) is 54.5 Å². The Bertz CT molecular complexity index is 883. The van der Waals surface area contributed by atoms with Gasteiger partial charge in [-0.2, -0.15) is 0 Å². The molecule has 152 valence electrons. The average Bonchev–Trinajstić information content (AvgIpc) is 3.24. The molecule has 7 nitrogen and oxygen atoms in total. The van der Waals surface area contributed by atoms with E-state index in [0.29, 0.717) is 24.4 Å². The van der Waals surface area contributed by atoms with E-state index in [1.165, 1.54) is 4.90 Å². The first-order chi connectivity index (χ1) is 14.1. The largest absolute Gasteiger partial charge is 0.495 e. The molecule has 2 aromatic rings. The van der Waals surface area contributed by atoms with Gasteiger partial charge in [-0.15, -0.1) is 0 Å². The van der Waals surface area contributed by atoms with Crippen LogP contribution in [-0.4, -0.2) is 48.7 Å². The Morgan fingerprint density at radius 2 is 1.90 bits per heavy atom. The fourth-order valence-corrected chi connectivity index (χ4v) is 3.16. The van der Waals surface area contributed by atoms with E-state index in [2.05, 4.69) is 10.5 Å². The second kappa shape index (κ2) is 9.73. The van der Waals surface area contributed by atoms with E-state index >= 15 is 0 Å². The van der Waals surface area contributed by atoms with Gasteiger partial charge in [-0.05, 0) is 24.1 Å². The second-order valence-corrected chi connectivity index (χ2v) is 6.71. The minimum atomic E-state index is -0.712. The lowest BCUT2D eigenvalue weighted by Crippen LogP contribution is -2.44. The third-order valence-electron chi connectivity index (χ3n) is 4.57. The third kappa shape index (κ3) is 5.13. The molecule has 0 saturated heterocycles. The molecule has 1 atom stereocenters. The van der Waals surface area contributed by atoms with Crippen LogP contribution in [0.25, 0.3) is 0 Å². The van der Waals surface area contributed by atoms with Gasteiger partial charge >= 0.3 is 0 Å². The molecule has 29 heavy (non-hydrogen) atoms. The summed E-state index contributed by atoms with van der Waals surface area (Å²) in [5.74, 6) is 0.0319. The van der Waals surface area contributed by atoms with E-state index in [4.69, 9.17) is 9.57 Å². The Kier molecular flexibility index (Phi) is 6.84. The standard InChI is InChI=1S/C22H25N3O4/c1-3-13-25(15-21(26)23-17-11-7-8-12-19(17)28-2)22(27)20-14-18(24-29-20)16-9-5-4-6-10-16/h4-12,20H,3,13-15H2,1-2H3,(H,23,26). The van der Waals surface area contributed by atoms with E-state index in [1.807, 2.05) is 49.4 Å². The zero-order valence-electron chi connectivity index (χ0n) is 16.6. The number of para-hydroxylation sites is 2. The minimum absolute atomic E-state index is 0.0642. The van der Waals surface area contributed by atoms with Crippen LogP contribution < -0.4 is 10.1 Å². The predicted molar refractivity (Wildman–Crippen MR) is 111 cm³/mol. The number of carbonyl (C=O) groups excluding carboxylic acids is 2. The van der Waals surface area contributed by atoms with Crippen LogP contribution in [0.5, 0.6) is 5.75 Å². The summed E-state index contributed by atoms with van der Waals surface area (Å²) in [7, 11) is 1.54. The van der Waals surface area contributed by atoms with Gasteiger partial charge in [-0.25, -0.2) is 0 Å². The first kappa shape index (κ1) is 20.4. The van der Waals surface area contributed by atoms with Gasteiger partial charge in [0, 0.05) is 13.0 Å². The number of hydrogen-bond acceptors (Lipinski definition) is 5. The van der Waals surface area contributed by atoms with Crippen molar-refractivity contribution in [3.8, 4) is 5.75 Å². The van der Waals surface area contributed by atoms with Crippen LogP contribution >= 0.6 is 0 Å². The third-order valence-corrected chi connectivity index (χ3v) is 4.57. The van der Waals surface area contributed by atoms with Gasteiger partial charge in [-0.3, -0.25) is 9.59 Å². The molecule has 1 heterocycles. The molecule has 0 spiro atoms. The smallest absolute Gasteiger partial charge is 0.267 e. The van der Waals surface area contributed by atoms with Crippen LogP contribution in [0.2, 0.25) is 0 Å². The van der Waals surface area contributed by atoms with Crippen LogP contribution in [0, 0.1) is 0 Å². The van der Waals surface area contributed by atoms with E-state index in [-0.39, 0.29) is 18.4 Å². The number of nitrogens with zero attached hydrogens (tertiary/aromatic N) is 2. The lowest BCUT2D eigenvalue weighted by Gasteiger charge is -2.23. The summed E-state index contributed by atoms with van der Waals surface area (Å²) in [5, 5.41) is 6.88. The second-order valence-electron chi connectivity index (χ2n) is 6.71. The molecule has 0 bridgehead atoms. The number of carbonyl (C=O) groups is 2. The fraction of sp³-hybridized carbons (Fsp3) is 0.318. The number of amides is 2. The molecule has 0 aliphatic carbocycles. The molecule has 0 radical (unpaired) electrons. The van der Waals surface area contributed by atoms with Crippen molar-refractivity contribution < 1.29 is 19.2 Å². The highest BCUT2D eigenvalue weighted by atomic mass is 16.6. The van der Waals surface area contributed by atoms with Crippen molar-refractivity contribution in [2.45, 2.75) is 25.9 Å². The highest BCUT2D eigenvalue weighted by molar-refractivity contribution is 6.04. The lowest BCUT2D eigenvalue weighted by atomic mass is 10.0. The van der Waals surface area contributed by atoms with E-state index in [0.717, 1.165) is 17.7 Å². The summed E-state index contributed by atoms with van der Waals surface area (Å²) < 4.78 is 5.25. The summed E-state index contributed by atoms with van der Waals surface area (Å²) in [5.41, 5.74) is 2.23. The molecule has 2 amide bonds. The first-order valence-corrected chi connectivity index (χ1v) is 9.62. The monoisotopic (exact) mass is 395 g/mol. The van der Waals surface area contributed by atoms with Gasteiger partial charge in [0.25, 0.3) is 5.91 Å². The van der Waals surface area contributed by atoms with Gasteiger partial charge < -0.3 is 19.8 Å². The van der Waals surface area contributed by atoms with Crippen molar-refractivity contribution in [3.05, 3.63) is 60.2 Å². The molecular formula is C22H25N3O4. The molecule has 1 N–H and O–H groups in total. The number of methoxy groups -OCH3 is 1. The van der Waals surface area contributed by atoms with E-state index in [1.54, 1.807) is 19.2 Å². The van der Waals surface area contributed by atoms with Crippen LogP contribution in [0.15, 0.2) is 59.8 Å². The number of nitrogens with one attached hydrogen (secondary N) is 1. The number of anilines is 1. The maximum atomic E-state index is 12.9. The van der Waals surface area contributed by atoms with Crippen molar-refractivity contribution in [1.29, 1.82) is 0 Å². The predicted octanol–water partition coefficient (Wildman–Crippen LogP) is 3.07. The van der Waals surface area contributed by atoms with Gasteiger partial charge in [0.05, 0.1) is 25.1 Å². The Morgan fingerprint density at radius 3 is 2.62 bits per heavy atom. The Morgan fingerprint density at radius 1 is 1.17 bits per heavy atom. The molecule has 1 aliphatic rings. The van der Waals surface area contributed by atoms with Crippen molar-refractivity contribution >= 4 is 23.2 Å². The summed E-state index contributed by atoms with van der Waals surface area (Å²) in [4.78, 5) is 32.4. The molecule has 3 rings (SSSR count). The van der Waals surface area contributed by atoms with Crippen molar-refractivity contribution in [2.24, 2.45) is 5.16 Å². The van der Waals surface area contributed by atoms with E-state index in [9.17, 15) is 9.59 Å². The lowest BCUT2D eigenvalue weighted by molar-refractivity contribution is -0.144. The first-order valence-electron chi connectivity index (χ1n) is 9.62. The number of ether oxygens (including phenoxy) is 1. The van der Waals surface area contributed by atoms with Crippen molar-refractivity contribution in [3.63, 3.8) is 0 Å². The van der Waals surface area contributed by atoms with Gasteiger partial charge in [0.15, 0.2) is 0 Å². The molecule has 2 aromatic carbocycles. The Balaban J connectivity index is 1.62. The fourth-order valence-electron chi connectivity index (χ4n) is 3.16. The van der Waals surface area contributed by atoms with Crippen LogP contribution in [-0.2, 0) is 14.4 Å². The maximum absolute atomic E-state index is 12.9. The Hall–Kier alpha value is -3.35. The quantitative estimate of drug-likeness (QED) is 0.745. The highest BCUT2D eigenvalue weighted by Crippen LogP contribution is 2.23. The molecule has 1 unspecified atom stereocenters. The zero-order chi connectivity index (χ0) is 20.6. The van der Waals surface area contributed by atoms with Gasteiger partial charge in [0.2, 0.25) is 12.0 Å². The summed E-state index contributed by atoms with van der Waals surface area (Å²) >= 11 is 0. The molecule has 0 aromatic heterocycles. The van der Waals surface area contributed by atoms with Crippen molar-refractivity contribution in [2.75, 3.05) is 25.5 Å². The Labute approximate surface area is 170 Å². The molecule has 0 fully saturated rings. The highest BCUT2D eigenvalue weighted by Gasteiger charge is 2.33. The van der Waals surface area contributed by atoms with Crippen molar-refractivity contribution in [1.82, 2.24) is 4.90 Å². The maximum Gasteiger partial charge on any atom is 0.267 e. The molecular weight excluding hydrogens is 370 g/mol. The minimum Gasteiger partial charge on any atom is -0.495 e. The number of hydrogen-bond donors (Lipinski definition) is 1. The van der Waals surface area contributed by atoms with Gasteiger partial charge in [0.1, 0.15) is 5.75 Å². The average molecular weight is 395 g/mol. The van der Waals surface area contributed by atoms with E-state index < -0.39 is 6.10 Å². The number of rotatable bonds is 8. The number of oxime groups is 1. The van der Waals surface area contributed by atoms with Crippen LogP contribution in [0.3, 0.4) is 0 Å².